The van der Waals surface area contributed by atoms with Crippen LogP contribution in [-0.2, 0) is 14.4 Å². The Hall–Kier alpha value is -1.39. The summed E-state index contributed by atoms with van der Waals surface area (Å²) in [5.74, 6) is -1.15. The van der Waals surface area contributed by atoms with Crippen LogP contribution in [0.1, 0.15) is 39.0 Å². The van der Waals surface area contributed by atoms with Crippen LogP contribution in [0.2, 0.25) is 0 Å². The molecule has 0 bridgehead atoms. The Kier molecular flexibility index (Phi) is 3.82. The van der Waals surface area contributed by atoms with Crippen molar-refractivity contribution in [3.05, 3.63) is 0 Å². The first kappa shape index (κ1) is 11.7. The van der Waals surface area contributed by atoms with Crippen molar-refractivity contribution in [1.29, 1.82) is 0 Å². The summed E-state index contributed by atoms with van der Waals surface area (Å²) >= 11 is 0. The fourth-order valence-corrected chi connectivity index (χ4v) is 1.74. The average molecular weight is 212 g/mol. The van der Waals surface area contributed by atoms with Crippen molar-refractivity contribution >= 4 is 17.7 Å². The van der Waals surface area contributed by atoms with Crippen molar-refractivity contribution in [3.8, 4) is 0 Å². The molecule has 1 unspecified atom stereocenters. The van der Waals surface area contributed by atoms with E-state index in [9.17, 15) is 14.4 Å². The van der Waals surface area contributed by atoms with Crippen molar-refractivity contribution in [2.45, 2.75) is 45.1 Å². The third kappa shape index (κ3) is 2.55. The van der Waals surface area contributed by atoms with Crippen LogP contribution in [0, 0.1) is 0 Å². The third-order valence-corrected chi connectivity index (χ3v) is 2.56. The van der Waals surface area contributed by atoms with E-state index in [0.717, 1.165) is 17.7 Å². The summed E-state index contributed by atoms with van der Waals surface area (Å²) in [7, 11) is 0. The minimum absolute atomic E-state index is 0.203. The quantitative estimate of drug-likeness (QED) is 0.660. The molecule has 5 nitrogen and oxygen atoms in total. The lowest BCUT2D eigenvalue weighted by Crippen LogP contribution is -2.47. The van der Waals surface area contributed by atoms with Gasteiger partial charge in [0.05, 0.1) is 0 Å². The van der Waals surface area contributed by atoms with Crippen LogP contribution in [0.4, 0.5) is 0 Å². The van der Waals surface area contributed by atoms with Gasteiger partial charge in [-0.1, -0.05) is 19.8 Å². The normalized spacial score (nSPS) is 18.3. The first-order chi connectivity index (χ1) is 7.07. The second-order valence-corrected chi connectivity index (χ2v) is 3.72. The molecular weight excluding hydrogens is 196 g/mol. The number of rotatable bonds is 5. The molecule has 15 heavy (non-hydrogen) atoms. The van der Waals surface area contributed by atoms with Crippen LogP contribution in [0.15, 0.2) is 0 Å². The standard InChI is InChI=1S/C10H16N2O3/c1-2-3-4-7(10(11)15)12-8(13)5-6-9(12)14/h7H,2-6H2,1H3,(H2,11,15). The molecule has 1 aliphatic rings. The number of nitrogens with two attached hydrogens (primary N) is 1. The molecule has 0 spiro atoms. The lowest BCUT2D eigenvalue weighted by molar-refractivity contribution is -0.146. The first-order valence-electron chi connectivity index (χ1n) is 5.22. The third-order valence-electron chi connectivity index (χ3n) is 2.56. The van der Waals surface area contributed by atoms with E-state index in [-0.39, 0.29) is 24.7 Å². The van der Waals surface area contributed by atoms with Gasteiger partial charge in [-0.05, 0) is 6.42 Å². The number of likely N-dealkylation sites (tertiary alicyclic amines) is 1. The van der Waals surface area contributed by atoms with Gasteiger partial charge in [0.15, 0.2) is 0 Å². The molecule has 84 valence electrons. The van der Waals surface area contributed by atoms with Gasteiger partial charge in [0, 0.05) is 12.8 Å². The van der Waals surface area contributed by atoms with Crippen LogP contribution in [-0.4, -0.2) is 28.7 Å². The minimum atomic E-state index is -0.743. The number of carbonyl (C=O) groups is 3. The molecule has 1 heterocycles. The predicted octanol–water partition coefficient (Wildman–Crippen LogP) is 0.179. The predicted molar refractivity (Wildman–Crippen MR) is 53.6 cm³/mol. The molecule has 1 atom stereocenters. The average Bonchev–Trinajstić information content (AvgIpc) is 2.49. The number of hydrogen-bond donors (Lipinski definition) is 1. The van der Waals surface area contributed by atoms with Gasteiger partial charge in [0.2, 0.25) is 17.7 Å². The van der Waals surface area contributed by atoms with E-state index in [1.54, 1.807) is 0 Å². The lowest BCUT2D eigenvalue weighted by atomic mass is 10.1. The Labute approximate surface area is 88.6 Å². The van der Waals surface area contributed by atoms with Crippen molar-refractivity contribution in [1.82, 2.24) is 4.90 Å². The molecule has 0 aromatic rings. The van der Waals surface area contributed by atoms with Crippen LogP contribution in [0.3, 0.4) is 0 Å². The molecule has 0 aliphatic carbocycles. The van der Waals surface area contributed by atoms with Gasteiger partial charge in [-0.15, -0.1) is 0 Å². The second kappa shape index (κ2) is 4.91. The van der Waals surface area contributed by atoms with Crippen molar-refractivity contribution < 1.29 is 14.4 Å². The number of nitrogens with zero attached hydrogens (tertiary/aromatic N) is 1. The van der Waals surface area contributed by atoms with Crippen LogP contribution < -0.4 is 5.73 Å². The van der Waals surface area contributed by atoms with E-state index in [0.29, 0.717) is 6.42 Å². The SMILES string of the molecule is CCCCC(C(N)=O)N1C(=O)CCC1=O. The molecule has 1 aliphatic heterocycles. The van der Waals surface area contributed by atoms with E-state index >= 15 is 0 Å². The Balaban J connectivity index is 2.74. The minimum Gasteiger partial charge on any atom is -0.368 e. The number of carbonyl (C=O) groups excluding carboxylic acids is 3. The van der Waals surface area contributed by atoms with Gasteiger partial charge in [-0.3, -0.25) is 19.3 Å². The number of unbranched alkanes of at least 4 members (excludes halogenated alkanes) is 1. The fourth-order valence-electron chi connectivity index (χ4n) is 1.74. The molecule has 5 heteroatoms. The Morgan fingerprint density at radius 2 is 1.93 bits per heavy atom. The van der Waals surface area contributed by atoms with E-state index in [1.807, 2.05) is 6.92 Å². The molecule has 1 fully saturated rings. The molecule has 3 amide bonds. The van der Waals surface area contributed by atoms with Gasteiger partial charge < -0.3 is 5.73 Å². The van der Waals surface area contributed by atoms with Crippen molar-refractivity contribution in [3.63, 3.8) is 0 Å². The zero-order chi connectivity index (χ0) is 11.4. The molecule has 0 aromatic carbocycles. The molecular formula is C10H16N2O3. The summed E-state index contributed by atoms with van der Waals surface area (Å²) in [4.78, 5) is 35.0. The monoisotopic (exact) mass is 212 g/mol. The summed E-state index contributed by atoms with van der Waals surface area (Å²) in [6, 6.07) is -0.743. The number of primary amides is 1. The maximum absolute atomic E-state index is 11.4. The second-order valence-electron chi connectivity index (χ2n) is 3.72. The van der Waals surface area contributed by atoms with Crippen LogP contribution >= 0.6 is 0 Å². The molecule has 1 saturated heterocycles. The highest BCUT2D eigenvalue weighted by Crippen LogP contribution is 2.18. The fraction of sp³-hybridized carbons (Fsp3) is 0.700. The number of hydrogen-bond acceptors (Lipinski definition) is 3. The molecule has 2 N–H and O–H groups in total. The largest absolute Gasteiger partial charge is 0.368 e. The Bertz CT molecular complexity index is 272. The zero-order valence-electron chi connectivity index (χ0n) is 8.86. The van der Waals surface area contributed by atoms with Gasteiger partial charge in [0.1, 0.15) is 6.04 Å². The van der Waals surface area contributed by atoms with Crippen molar-refractivity contribution in [2.75, 3.05) is 0 Å². The summed E-state index contributed by atoms with van der Waals surface area (Å²) < 4.78 is 0. The van der Waals surface area contributed by atoms with E-state index < -0.39 is 11.9 Å². The van der Waals surface area contributed by atoms with E-state index in [2.05, 4.69) is 0 Å². The molecule has 1 rings (SSSR count). The van der Waals surface area contributed by atoms with Gasteiger partial charge in [-0.25, -0.2) is 0 Å². The Morgan fingerprint density at radius 1 is 1.40 bits per heavy atom. The summed E-state index contributed by atoms with van der Waals surface area (Å²) in [6.45, 7) is 1.98. The number of imide groups is 1. The highest BCUT2D eigenvalue weighted by atomic mass is 16.2. The van der Waals surface area contributed by atoms with E-state index in [4.69, 9.17) is 5.73 Å². The maximum atomic E-state index is 11.4. The van der Waals surface area contributed by atoms with Crippen LogP contribution in [0.25, 0.3) is 0 Å². The van der Waals surface area contributed by atoms with Gasteiger partial charge in [0.25, 0.3) is 0 Å². The molecule has 0 radical (unpaired) electrons. The van der Waals surface area contributed by atoms with Crippen molar-refractivity contribution in [2.24, 2.45) is 5.73 Å². The smallest absolute Gasteiger partial charge is 0.240 e. The highest BCUT2D eigenvalue weighted by molar-refractivity contribution is 6.05. The first-order valence-corrected chi connectivity index (χ1v) is 5.22. The number of amides is 3. The zero-order valence-corrected chi connectivity index (χ0v) is 8.86. The summed E-state index contributed by atoms with van der Waals surface area (Å²) in [6.07, 6.45) is 2.57. The van der Waals surface area contributed by atoms with Crippen LogP contribution in [0.5, 0.6) is 0 Å². The Morgan fingerprint density at radius 3 is 2.33 bits per heavy atom. The molecule has 0 aromatic heterocycles. The van der Waals surface area contributed by atoms with E-state index in [1.165, 1.54) is 0 Å². The summed E-state index contributed by atoms with van der Waals surface area (Å²) in [5.41, 5.74) is 5.20. The van der Waals surface area contributed by atoms with Gasteiger partial charge >= 0.3 is 0 Å². The summed E-state index contributed by atoms with van der Waals surface area (Å²) in [5, 5.41) is 0. The lowest BCUT2D eigenvalue weighted by Gasteiger charge is -2.23. The highest BCUT2D eigenvalue weighted by Gasteiger charge is 2.37. The topological polar surface area (TPSA) is 80.5 Å². The maximum Gasteiger partial charge on any atom is 0.240 e. The van der Waals surface area contributed by atoms with Gasteiger partial charge in [-0.2, -0.15) is 0 Å². The molecule has 0 saturated carbocycles.